The molecule has 8 heteroatoms. The number of carbonyl (C=O) groups is 1. The average molecular weight is 582 g/mol. The van der Waals surface area contributed by atoms with Gasteiger partial charge in [-0.25, -0.2) is 8.42 Å². The number of methoxy groups -OCH3 is 1. The van der Waals surface area contributed by atoms with E-state index in [1.807, 2.05) is 53.5 Å². The van der Waals surface area contributed by atoms with Crippen LogP contribution in [0.2, 0.25) is 0 Å². The van der Waals surface area contributed by atoms with Crippen molar-refractivity contribution < 1.29 is 17.9 Å². The molecule has 224 valence electrons. The van der Waals surface area contributed by atoms with Crippen LogP contribution in [0, 0.1) is 5.92 Å². The highest BCUT2D eigenvalue weighted by Gasteiger charge is 2.30. The lowest BCUT2D eigenvalue weighted by molar-refractivity contribution is -0.136. The summed E-state index contributed by atoms with van der Waals surface area (Å²) in [7, 11) is -1.86. The molecular weight excluding hydrogens is 534 g/mol. The smallest absolute Gasteiger partial charge is 0.243 e. The van der Waals surface area contributed by atoms with E-state index in [9.17, 15) is 13.2 Å². The molecule has 0 unspecified atom stereocenters. The van der Waals surface area contributed by atoms with Crippen LogP contribution in [0.3, 0.4) is 0 Å². The predicted molar refractivity (Wildman–Crippen MR) is 166 cm³/mol. The Morgan fingerprint density at radius 1 is 0.976 bits per heavy atom. The van der Waals surface area contributed by atoms with Gasteiger partial charge in [-0.1, -0.05) is 82.5 Å². The topological polar surface area (TPSA) is 70.2 Å². The summed E-state index contributed by atoms with van der Waals surface area (Å²) in [5, 5.41) is 0. The van der Waals surface area contributed by atoms with E-state index in [0.717, 1.165) is 49.1 Å². The molecule has 2 fully saturated rings. The van der Waals surface area contributed by atoms with Gasteiger partial charge < -0.3 is 9.64 Å². The molecule has 2 aliphatic rings. The maximum atomic E-state index is 13.5. The highest BCUT2D eigenvalue weighted by atomic mass is 32.2. The summed E-state index contributed by atoms with van der Waals surface area (Å²) in [6, 6.07) is 15.2. The molecule has 7 nitrogen and oxygen atoms in total. The third-order valence-electron chi connectivity index (χ3n) is 8.40. The van der Waals surface area contributed by atoms with Crippen LogP contribution < -0.4 is 4.74 Å². The molecule has 0 aromatic heterocycles. The lowest BCUT2D eigenvalue weighted by atomic mass is 9.87. The SMILES string of the molecule is COc1ccccc1/C=C/CN(CCN1CCN(S(=O)(=O)c2ccc(C(C)(C)C)cc2)CC1)C(=O)C1CCCCC1. The molecule has 1 amide bonds. The molecule has 0 radical (unpaired) electrons. The lowest BCUT2D eigenvalue weighted by Gasteiger charge is -2.36. The summed E-state index contributed by atoms with van der Waals surface area (Å²) in [4.78, 5) is 18.1. The first-order chi connectivity index (χ1) is 19.6. The molecule has 4 rings (SSSR count). The summed E-state index contributed by atoms with van der Waals surface area (Å²) >= 11 is 0. The second-order valence-electron chi connectivity index (χ2n) is 12.3. The zero-order valence-corrected chi connectivity index (χ0v) is 26.0. The Labute approximate surface area is 247 Å². The molecule has 41 heavy (non-hydrogen) atoms. The Bertz CT molecular complexity index is 1270. The van der Waals surface area contributed by atoms with E-state index in [0.29, 0.717) is 44.2 Å². The number of hydrogen-bond acceptors (Lipinski definition) is 5. The van der Waals surface area contributed by atoms with E-state index in [1.54, 1.807) is 23.5 Å². The van der Waals surface area contributed by atoms with Gasteiger partial charge in [-0.05, 0) is 42.0 Å². The number of ether oxygens (including phenoxy) is 1. The second kappa shape index (κ2) is 14.0. The van der Waals surface area contributed by atoms with E-state index in [4.69, 9.17) is 4.74 Å². The first-order valence-corrected chi connectivity index (χ1v) is 16.4. The molecule has 0 spiro atoms. The number of rotatable bonds is 10. The van der Waals surface area contributed by atoms with Gasteiger partial charge in [0.05, 0.1) is 12.0 Å². The van der Waals surface area contributed by atoms with Gasteiger partial charge in [-0.3, -0.25) is 9.69 Å². The van der Waals surface area contributed by atoms with Crippen molar-refractivity contribution >= 4 is 22.0 Å². The Morgan fingerprint density at radius 3 is 2.27 bits per heavy atom. The fourth-order valence-corrected chi connectivity index (χ4v) is 7.16. The van der Waals surface area contributed by atoms with Crippen LogP contribution in [0.4, 0.5) is 0 Å². The van der Waals surface area contributed by atoms with E-state index < -0.39 is 10.0 Å². The Hall–Kier alpha value is -2.68. The van der Waals surface area contributed by atoms with Gasteiger partial charge in [0.25, 0.3) is 0 Å². The van der Waals surface area contributed by atoms with Gasteiger partial charge >= 0.3 is 0 Å². The van der Waals surface area contributed by atoms with Crippen molar-refractivity contribution in [2.45, 2.75) is 63.2 Å². The average Bonchev–Trinajstić information content (AvgIpc) is 2.99. The zero-order chi connectivity index (χ0) is 29.5. The van der Waals surface area contributed by atoms with E-state index in [1.165, 1.54) is 6.42 Å². The lowest BCUT2D eigenvalue weighted by Crippen LogP contribution is -2.51. The molecule has 1 saturated carbocycles. The number of nitrogens with zero attached hydrogens (tertiary/aromatic N) is 3. The summed E-state index contributed by atoms with van der Waals surface area (Å²) in [6.45, 7) is 10.5. The first kappa shape index (κ1) is 31.3. The van der Waals surface area contributed by atoms with Crippen molar-refractivity contribution in [3.8, 4) is 5.75 Å². The van der Waals surface area contributed by atoms with Crippen molar-refractivity contribution in [2.75, 3.05) is 52.9 Å². The maximum absolute atomic E-state index is 13.5. The van der Waals surface area contributed by atoms with Crippen molar-refractivity contribution in [1.82, 2.24) is 14.1 Å². The molecule has 1 heterocycles. The summed E-state index contributed by atoms with van der Waals surface area (Å²) < 4.78 is 33.7. The number of carbonyl (C=O) groups excluding carboxylic acids is 1. The largest absolute Gasteiger partial charge is 0.496 e. The summed E-state index contributed by atoms with van der Waals surface area (Å²) in [5.41, 5.74) is 2.08. The van der Waals surface area contributed by atoms with Crippen LogP contribution in [0.5, 0.6) is 5.75 Å². The van der Waals surface area contributed by atoms with Gasteiger partial charge in [0.1, 0.15) is 5.75 Å². The minimum Gasteiger partial charge on any atom is -0.496 e. The Balaban J connectivity index is 1.35. The fourth-order valence-electron chi connectivity index (χ4n) is 5.74. The van der Waals surface area contributed by atoms with E-state index in [-0.39, 0.29) is 17.2 Å². The molecule has 0 bridgehead atoms. The normalized spacial score (nSPS) is 18.0. The van der Waals surface area contributed by atoms with E-state index >= 15 is 0 Å². The number of sulfonamides is 1. The molecule has 1 aliphatic carbocycles. The minimum absolute atomic E-state index is 0.0234. The number of hydrogen-bond donors (Lipinski definition) is 0. The van der Waals surface area contributed by atoms with Crippen LogP contribution in [-0.2, 0) is 20.2 Å². The van der Waals surface area contributed by atoms with Crippen LogP contribution in [-0.4, -0.2) is 81.4 Å². The van der Waals surface area contributed by atoms with Gasteiger partial charge in [0.2, 0.25) is 15.9 Å². The number of benzene rings is 2. The monoisotopic (exact) mass is 581 g/mol. The standard InChI is InChI=1S/C33H47N3O4S/c1-33(2,3)29-16-18-30(19-17-29)41(38,39)36-25-22-34(23-26-36)21-24-35(32(37)28-12-6-5-7-13-28)20-10-14-27-11-8-9-15-31(27)40-4/h8-11,14-19,28H,5-7,12-13,20-26H2,1-4H3/b14-10+. The van der Waals surface area contributed by atoms with Crippen LogP contribution in [0.15, 0.2) is 59.5 Å². The maximum Gasteiger partial charge on any atom is 0.243 e. The fraction of sp³-hybridized carbons (Fsp3) is 0.545. The predicted octanol–water partition coefficient (Wildman–Crippen LogP) is 5.42. The van der Waals surface area contributed by atoms with Crippen LogP contribution >= 0.6 is 0 Å². The molecule has 0 N–H and O–H groups in total. The number of amides is 1. The van der Waals surface area contributed by atoms with Crippen LogP contribution in [0.1, 0.15) is 64.0 Å². The van der Waals surface area contributed by atoms with Gasteiger partial charge in [-0.2, -0.15) is 4.31 Å². The third kappa shape index (κ3) is 8.21. The highest BCUT2D eigenvalue weighted by Crippen LogP contribution is 2.27. The highest BCUT2D eigenvalue weighted by molar-refractivity contribution is 7.89. The second-order valence-corrected chi connectivity index (χ2v) is 14.2. The number of para-hydroxylation sites is 1. The minimum atomic E-state index is -3.53. The van der Waals surface area contributed by atoms with Gasteiger partial charge in [0.15, 0.2) is 0 Å². The van der Waals surface area contributed by atoms with Gasteiger partial charge in [0, 0.05) is 57.3 Å². The summed E-state index contributed by atoms with van der Waals surface area (Å²) in [5.74, 6) is 1.16. The van der Waals surface area contributed by atoms with Crippen molar-refractivity contribution in [1.29, 1.82) is 0 Å². The third-order valence-corrected chi connectivity index (χ3v) is 10.3. The van der Waals surface area contributed by atoms with Crippen molar-refractivity contribution in [3.63, 3.8) is 0 Å². The molecular formula is C33H47N3O4S. The van der Waals surface area contributed by atoms with Crippen LogP contribution in [0.25, 0.3) is 6.08 Å². The summed E-state index contributed by atoms with van der Waals surface area (Å²) in [6.07, 6.45) is 9.47. The Kier molecular flexibility index (Phi) is 10.7. The zero-order valence-electron chi connectivity index (χ0n) is 25.2. The Morgan fingerprint density at radius 2 is 1.63 bits per heavy atom. The molecule has 1 aliphatic heterocycles. The number of piperazine rings is 1. The molecule has 2 aromatic rings. The molecule has 2 aromatic carbocycles. The van der Waals surface area contributed by atoms with Crippen molar-refractivity contribution in [2.24, 2.45) is 5.92 Å². The molecule has 0 atom stereocenters. The molecule has 1 saturated heterocycles. The van der Waals surface area contributed by atoms with E-state index in [2.05, 4.69) is 25.7 Å². The van der Waals surface area contributed by atoms with Gasteiger partial charge in [-0.15, -0.1) is 0 Å². The van der Waals surface area contributed by atoms with Crippen molar-refractivity contribution in [3.05, 3.63) is 65.7 Å². The first-order valence-electron chi connectivity index (χ1n) is 15.0. The quantitative estimate of drug-likeness (QED) is 0.375.